The van der Waals surface area contributed by atoms with Crippen molar-refractivity contribution < 1.29 is 9.53 Å². The van der Waals surface area contributed by atoms with Crippen LogP contribution in [0.15, 0.2) is 48.5 Å². The second-order valence-electron chi connectivity index (χ2n) is 6.25. The van der Waals surface area contributed by atoms with Crippen LogP contribution in [-0.2, 0) is 4.79 Å². The van der Waals surface area contributed by atoms with Gasteiger partial charge in [-0.15, -0.1) is 0 Å². The zero-order valence-corrected chi connectivity index (χ0v) is 14.3. The van der Waals surface area contributed by atoms with Crippen molar-refractivity contribution in [2.75, 3.05) is 25.5 Å². The van der Waals surface area contributed by atoms with Gasteiger partial charge in [-0.2, -0.15) is 0 Å². The van der Waals surface area contributed by atoms with Gasteiger partial charge in [0.05, 0.1) is 12.8 Å². The standard InChI is InChI=1S/C20H24N2O2/c1-15-10-11-18(24-2)17(14-15)21-20(23)19(22-12-6-7-13-22)16-8-4-3-5-9-16/h3-5,8-11,14,19H,6-7,12-13H2,1-2H3,(H,21,23)/t19-/m1/s1. The number of benzene rings is 2. The molecule has 0 radical (unpaired) electrons. The summed E-state index contributed by atoms with van der Waals surface area (Å²) < 4.78 is 5.38. The van der Waals surface area contributed by atoms with Crippen LogP contribution in [0, 0.1) is 6.92 Å². The van der Waals surface area contributed by atoms with E-state index in [9.17, 15) is 4.79 Å². The predicted octanol–water partition coefficient (Wildman–Crippen LogP) is 3.78. The largest absolute Gasteiger partial charge is 0.495 e. The number of hydrogen-bond donors (Lipinski definition) is 1. The molecular weight excluding hydrogens is 300 g/mol. The average Bonchev–Trinajstić information content (AvgIpc) is 3.10. The van der Waals surface area contributed by atoms with Gasteiger partial charge in [0.15, 0.2) is 0 Å². The minimum Gasteiger partial charge on any atom is -0.495 e. The number of nitrogens with zero attached hydrogens (tertiary/aromatic N) is 1. The number of ether oxygens (including phenoxy) is 1. The van der Waals surface area contributed by atoms with Gasteiger partial charge in [0, 0.05) is 0 Å². The van der Waals surface area contributed by atoms with Gasteiger partial charge in [-0.3, -0.25) is 9.69 Å². The third kappa shape index (κ3) is 3.60. The molecule has 2 aromatic carbocycles. The Balaban J connectivity index is 1.88. The first-order valence-electron chi connectivity index (χ1n) is 8.43. The molecule has 4 heteroatoms. The van der Waals surface area contributed by atoms with E-state index in [-0.39, 0.29) is 11.9 Å². The molecule has 0 aromatic heterocycles. The third-order valence-corrected chi connectivity index (χ3v) is 4.48. The van der Waals surface area contributed by atoms with Gasteiger partial charge in [-0.1, -0.05) is 36.4 Å². The van der Waals surface area contributed by atoms with Crippen LogP contribution in [0.4, 0.5) is 5.69 Å². The number of amides is 1. The topological polar surface area (TPSA) is 41.6 Å². The number of likely N-dealkylation sites (tertiary alicyclic amines) is 1. The van der Waals surface area contributed by atoms with E-state index in [1.807, 2.05) is 55.5 Å². The van der Waals surface area contributed by atoms with Crippen molar-refractivity contribution in [2.45, 2.75) is 25.8 Å². The third-order valence-electron chi connectivity index (χ3n) is 4.48. The lowest BCUT2D eigenvalue weighted by Crippen LogP contribution is -2.35. The van der Waals surface area contributed by atoms with Crippen LogP contribution in [0.5, 0.6) is 5.75 Å². The molecule has 0 bridgehead atoms. The number of nitrogens with one attached hydrogen (secondary N) is 1. The molecule has 1 amide bonds. The second kappa shape index (κ2) is 7.49. The zero-order valence-electron chi connectivity index (χ0n) is 14.3. The Hall–Kier alpha value is -2.33. The fourth-order valence-electron chi connectivity index (χ4n) is 3.28. The molecule has 4 nitrogen and oxygen atoms in total. The number of anilines is 1. The molecule has 1 aliphatic heterocycles. The quantitative estimate of drug-likeness (QED) is 0.910. The van der Waals surface area contributed by atoms with Crippen LogP contribution < -0.4 is 10.1 Å². The molecule has 0 saturated carbocycles. The first-order valence-corrected chi connectivity index (χ1v) is 8.43. The molecule has 1 N–H and O–H groups in total. The summed E-state index contributed by atoms with van der Waals surface area (Å²) in [4.78, 5) is 15.3. The SMILES string of the molecule is COc1ccc(C)cc1NC(=O)[C@@H](c1ccccc1)N1CCCC1. The highest BCUT2D eigenvalue weighted by molar-refractivity contribution is 5.96. The number of hydrogen-bond acceptors (Lipinski definition) is 3. The molecule has 24 heavy (non-hydrogen) atoms. The fourth-order valence-corrected chi connectivity index (χ4v) is 3.28. The van der Waals surface area contributed by atoms with E-state index >= 15 is 0 Å². The summed E-state index contributed by atoms with van der Waals surface area (Å²) in [5.41, 5.74) is 2.84. The van der Waals surface area contributed by atoms with Crippen molar-refractivity contribution in [2.24, 2.45) is 0 Å². The molecule has 1 fully saturated rings. The minimum absolute atomic E-state index is 0.00741. The lowest BCUT2D eigenvalue weighted by atomic mass is 10.0. The van der Waals surface area contributed by atoms with Crippen LogP contribution in [0.2, 0.25) is 0 Å². The lowest BCUT2D eigenvalue weighted by Gasteiger charge is -2.27. The highest BCUT2D eigenvalue weighted by Crippen LogP contribution is 2.30. The van der Waals surface area contributed by atoms with Crippen molar-refractivity contribution >= 4 is 11.6 Å². The number of aryl methyl sites for hydroxylation is 1. The van der Waals surface area contributed by atoms with Gasteiger partial charge in [-0.05, 0) is 56.1 Å². The van der Waals surface area contributed by atoms with Crippen molar-refractivity contribution in [3.05, 3.63) is 59.7 Å². The number of rotatable bonds is 5. The van der Waals surface area contributed by atoms with Crippen molar-refractivity contribution in [3.63, 3.8) is 0 Å². The normalized spacial score (nSPS) is 15.9. The van der Waals surface area contributed by atoms with E-state index in [0.29, 0.717) is 5.75 Å². The maximum Gasteiger partial charge on any atom is 0.246 e. The molecular formula is C20H24N2O2. The highest BCUT2D eigenvalue weighted by Gasteiger charge is 2.30. The first kappa shape index (κ1) is 16.5. The van der Waals surface area contributed by atoms with Gasteiger partial charge in [0.1, 0.15) is 11.8 Å². The Morgan fingerprint density at radius 2 is 1.83 bits per heavy atom. The van der Waals surface area contributed by atoms with Crippen molar-refractivity contribution in [3.8, 4) is 5.75 Å². The van der Waals surface area contributed by atoms with Gasteiger partial charge in [0.2, 0.25) is 5.91 Å². The van der Waals surface area contributed by atoms with E-state index in [2.05, 4.69) is 10.2 Å². The molecule has 1 saturated heterocycles. The van der Waals surface area contributed by atoms with Crippen molar-refractivity contribution in [1.82, 2.24) is 4.90 Å². The summed E-state index contributed by atoms with van der Waals surface area (Å²) in [6.07, 6.45) is 2.29. The Labute approximate surface area is 143 Å². The Morgan fingerprint density at radius 3 is 2.50 bits per heavy atom. The first-order chi connectivity index (χ1) is 11.7. The Kier molecular flexibility index (Phi) is 5.16. The molecule has 0 spiro atoms. The Bertz CT molecular complexity index is 694. The van der Waals surface area contributed by atoms with E-state index in [1.54, 1.807) is 7.11 Å². The minimum atomic E-state index is -0.265. The lowest BCUT2D eigenvalue weighted by molar-refractivity contribution is -0.121. The van der Waals surface area contributed by atoms with Crippen LogP contribution in [0.3, 0.4) is 0 Å². The van der Waals surface area contributed by atoms with E-state index < -0.39 is 0 Å². The zero-order chi connectivity index (χ0) is 16.9. The number of carbonyl (C=O) groups excluding carboxylic acids is 1. The van der Waals surface area contributed by atoms with E-state index in [0.717, 1.165) is 42.7 Å². The number of methoxy groups -OCH3 is 1. The van der Waals surface area contributed by atoms with Crippen LogP contribution >= 0.6 is 0 Å². The summed E-state index contributed by atoms with van der Waals surface area (Å²) in [5.74, 6) is 0.675. The van der Waals surface area contributed by atoms with Gasteiger partial charge >= 0.3 is 0 Å². The second-order valence-corrected chi connectivity index (χ2v) is 6.25. The molecule has 3 rings (SSSR count). The maximum absolute atomic E-state index is 13.1. The van der Waals surface area contributed by atoms with Gasteiger partial charge in [0.25, 0.3) is 0 Å². The van der Waals surface area contributed by atoms with Gasteiger partial charge < -0.3 is 10.1 Å². The molecule has 126 valence electrons. The van der Waals surface area contributed by atoms with Crippen LogP contribution in [-0.4, -0.2) is 31.0 Å². The summed E-state index contributed by atoms with van der Waals surface area (Å²) in [5, 5.41) is 3.07. The smallest absolute Gasteiger partial charge is 0.246 e. The van der Waals surface area contributed by atoms with Gasteiger partial charge in [-0.25, -0.2) is 0 Å². The molecule has 1 atom stereocenters. The number of carbonyl (C=O) groups is 1. The summed E-state index contributed by atoms with van der Waals surface area (Å²) in [6, 6.07) is 15.5. The summed E-state index contributed by atoms with van der Waals surface area (Å²) in [6.45, 7) is 3.92. The molecule has 1 aliphatic rings. The van der Waals surface area contributed by atoms with Crippen LogP contribution in [0.25, 0.3) is 0 Å². The fraction of sp³-hybridized carbons (Fsp3) is 0.350. The maximum atomic E-state index is 13.1. The van der Waals surface area contributed by atoms with Crippen LogP contribution in [0.1, 0.15) is 30.0 Å². The van der Waals surface area contributed by atoms with E-state index in [1.165, 1.54) is 0 Å². The molecule has 0 aliphatic carbocycles. The monoisotopic (exact) mass is 324 g/mol. The summed E-state index contributed by atoms with van der Waals surface area (Å²) in [7, 11) is 1.62. The van der Waals surface area contributed by atoms with E-state index in [4.69, 9.17) is 4.74 Å². The average molecular weight is 324 g/mol. The Morgan fingerprint density at radius 1 is 1.12 bits per heavy atom. The molecule has 0 unspecified atom stereocenters. The summed E-state index contributed by atoms with van der Waals surface area (Å²) >= 11 is 0. The molecule has 1 heterocycles. The van der Waals surface area contributed by atoms with Crippen molar-refractivity contribution in [1.29, 1.82) is 0 Å². The molecule has 2 aromatic rings. The predicted molar refractivity (Wildman–Crippen MR) is 96.4 cm³/mol. The highest BCUT2D eigenvalue weighted by atomic mass is 16.5.